The highest BCUT2D eigenvalue weighted by Gasteiger charge is 2.67. The van der Waals surface area contributed by atoms with Gasteiger partial charge in [-0.3, -0.25) is 14.4 Å². The molecule has 4 aliphatic rings. The first-order valence-corrected chi connectivity index (χ1v) is 19.8. The molecule has 3 aromatic carbocycles. The first-order chi connectivity index (χ1) is 23.0. The number of hydrogen-bond donors (Lipinski definition) is 2. The van der Waals surface area contributed by atoms with Gasteiger partial charge in [-0.15, -0.1) is 0 Å². The minimum atomic E-state index is -3.54. The second-order valence-corrected chi connectivity index (χ2v) is 17.9. The number of rotatable bonds is 7. The highest BCUT2D eigenvalue weighted by molar-refractivity contribution is 6.72. The smallest absolute Gasteiger partial charge is 0.264 e. The van der Waals surface area contributed by atoms with Gasteiger partial charge < -0.3 is 34.0 Å². The molecule has 0 saturated carbocycles. The number of benzene rings is 3. The second-order valence-electron chi connectivity index (χ2n) is 14.1. The highest BCUT2D eigenvalue weighted by Crippen LogP contribution is 2.61. The Morgan fingerprint density at radius 1 is 1.06 bits per heavy atom. The fraction of sp³-hybridized carbons (Fsp3) is 0.432. The number of carbonyl (C=O) groups excluding carboxylic acids is 3. The van der Waals surface area contributed by atoms with Gasteiger partial charge in [-0.25, -0.2) is 0 Å². The number of piperazine rings is 1. The minimum Gasteiger partial charge on any atom is -0.394 e. The molecule has 252 valence electrons. The van der Waals surface area contributed by atoms with Gasteiger partial charge in [-0.1, -0.05) is 61.5 Å². The van der Waals surface area contributed by atoms with Gasteiger partial charge in [0.15, 0.2) is 5.60 Å². The molecule has 9 nitrogen and oxygen atoms in total. The summed E-state index contributed by atoms with van der Waals surface area (Å²) in [4.78, 5) is 47.0. The Morgan fingerprint density at radius 2 is 1.79 bits per heavy atom. The normalized spacial score (nSPS) is 27.1. The van der Waals surface area contributed by atoms with Crippen LogP contribution in [0.3, 0.4) is 0 Å². The van der Waals surface area contributed by atoms with Crippen LogP contribution in [-0.2, 0) is 44.2 Å². The van der Waals surface area contributed by atoms with Crippen molar-refractivity contribution in [3.05, 3.63) is 95.1 Å². The van der Waals surface area contributed by atoms with Crippen molar-refractivity contribution in [2.45, 2.75) is 69.2 Å². The monoisotopic (exact) mass is 670 g/mol. The molecule has 0 aliphatic carbocycles. The lowest BCUT2D eigenvalue weighted by molar-refractivity contribution is -0.151. The fourth-order valence-corrected chi connectivity index (χ4v) is 11.0. The molecule has 5 atom stereocenters. The Bertz CT molecular complexity index is 1730. The van der Waals surface area contributed by atoms with Crippen molar-refractivity contribution in [1.29, 1.82) is 0 Å². The third-order valence-corrected chi connectivity index (χ3v) is 13.2. The molecule has 1 spiro atoms. The van der Waals surface area contributed by atoms with Crippen LogP contribution in [0, 0.1) is 5.92 Å². The number of carbonyl (C=O) groups is 3. The summed E-state index contributed by atoms with van der Waals surface area (Å²) in [6.07, 6.45) is -0.425. The Labute approximate surface area is 281 Å². The third-order valence-electron chi connectivity index (χ3n) is 10.8. The number of nitrogens with one attached hydrogen (secondary N) is 1. The molecule has 0 bridgehead atoms. The first-order valence-electron chi connectivity index (χ1n) is 16.9. The van der Waals surface area contributed by atoms with Gasteiger partial charge in [0.25, 0.3) is 5.91 Å². The van der Waals surface area contributed by atoms with Crippen LogP contribution in [0.2, 0.25) is 18.6 Å². The lowest BCUT2D eigenvalue weighted by atomic mass is 9.82. The van der Waals surface area contributed by atoms with Crippen LogP contribution in [0.4, 0.5) is 15.5 Å². The summed E-state index contributed by atoms with van der Waals surface area (Å²) in [5, 5.41) is 13.4. The number of anilines is 2. The summed E-state index contributed by atoms with van der Waals surface area (Å²) in [7, 11) is -3.54. The SMILES string of the molecule is C[C@H]1[C@H]([Si](C)(C)F)[C@@H](CC(=O)N2Cc3ccccc3C[C@H]2CO)O[C@]12C(=O)N(Cc1ccccc1)c1ccc(N3CCNCC3=O)cc12. The predicted molar refractivity (Wildman–Crippen MR) is 184 cm³/mol. The summed E-state index contributed by atoms with van der Waals surface area (Å²) in [6.45, 7) is 6.94. The Balaban J connectivity index is 1.28. The van der Waals surface area contributed by atoms with E-state index < -0.39 is 37.6 Å². The van der Waals surface area contributed by atoms with Gasteiger partial charge >= 0.3 is 0 Å². The molecule has 4 heterocycles. The maximum absolute atomic E-state index is 16.5. The number of hydrogen-bond acceptors (Lipinski definition) is 6. The van der Waals surface area contributed by atoms with Gasteiger partial charge in [-0.2, -0.15) is 0 Å². The molecule has 3 aromatic rings. The van der Waals surface area contributed by atoms with Crippen molar-refractivity contribution in [2.75, 3.05) is 36.0 Å². The van der Waals surface area contributed by atoms with E-state index in [1.807, 2.05) is 79.7 Å². The number of aliphatic hydroxyl groups excluding tert-OH is 1. The van der Waals surface area contributed by atoms with Crippen molar-refractivity contribution in [2.24, 2.45) is 5.92 Å². The molecule has 48 heavy (non-hydrogen) atoms. The van der Waals surface area contributed by atoms with Gasteiger partial charge in [0.2, 0.25) is 20.2 Å². The van der Waals surface area contributed by atoms with Crippen LogP contribution in [0.25, 0.3) is 0 Å². The van der Waals surface area contributed by atoms with E-state index in [0.29, 0.717) is 49.5 Å². The molecule has 2 fully saturated rings. The van der Waals surface area contributed by atoms with Crippen molar-refractivity contribution in [1.82, 2.24) is 10.2 Å². The summed E-state index contributed by atoms with van der Waals surface area (Å²) in [5.41, 5.74) is 2.80. The Kier molecular flexibility index (Phi) is 8.51. The van der Waals surface area contributed by atoms with Crippen molar-refractivity contribution >= 4 is 37.5 Å². The van der Waals surface area contributed by atoms with Crippen LogP contribution in [0.15, 0.2) is 72.8 Å². The highest BCUT2D eigenvalue weighted by atomic mass is 28.4. The molecule has 7 rings (SSSR count). The van der Waals surface area contributed by atoms with Gasteiger partial charge in [0.05, 0.1) is 44.0 Å². The molecular formula is C37H43FN4O5Si. The average molecular weight is 671 g/mol. The number of aliphatic hydroxyl groups is 1. The zero-order valence-electron chi connectivity index (χ0n) is 27.7. The van der Waals surface area contributed by atoms with E-state index >= 15 is 4.11 Å². The molecule has 0 unspecified atom stereocenters. The number of ether oxygens (including phenoxy) is 1. The van der Waals surface area contributed by atoms with Gasteiger partial charge in [0.1, 0.15) is 0 Å². The van der Waals surface area contributed by atoms with Crippen LogP contribution >= 0.6 is 0 Å². The average Bonchev–Trinajstić information content (AvgIpc) is 3.50. The zero-order valence-corrected chi connectivity index (χ0v) is 28.7. The third kappa shape index (κ3) is 5.46. The molecular weight excluding hydrogens is 628 g/mol. The first kappa shape index (κ1) is 32.6. The number of nitrogens with zero attached hydrogens (tertiary/aromatic N) is 3. The summed E-state index contributed by atoms with van der Waals surface area (Å²) in [5.74, 6) is -1.16. The molecule has 2 saturated heterocycles. The topological polar surface area (TPSA) is 102 Å². The van der Waals surface area contributed by atoms with Crippen LogP contribution in [0.5, 0.6) is 0 Å². The zero-order chi connectivity index (χ0) is 33.8. The maximum atomic E-state index is 16.5. The quantitative estimate of drug-likeness (QED) is 0.288. The van der Waals surface area contributed by atoms with E-state index in [2.05, 4.69) is 5.32 Å². The van der Waals surface area contributed by atoms with Crippen LogP contribution < -0.4 is 15.1 Å². The molecule has 3 amide bonds. The van der Waals surface area contributed by atoms with E-state index in [1.165, 1.54) is 0 Å². The maximum Gasteiger partial charge on any atom is 0.264 e. The molecule has 4 aliphatic heterocycles. The van der Waals surface area contributed by atoms with Crippen molar-refractivity contribution in [3.8, 4) is 0 Å². The second kappa shape index (κ2) is 12.5. The van der Waals surface area contributed by atoms with E-state index in [1.54, 1.807) is 27.8 Å². The summed E-state index contributed by atoms with van der Waals surface area (Å²) in [6, 6.07) is 22.8. The van der Waals surface area contributed by atoms with E-state index in [-0.39, 0.29) is 37.3 Å². The Morgan fingerprint density at radius 3 is 2.50 bits per heavy atom. The summed E-state index contributed by atoms with van der Waals surface area (Å²) >= 11 is 0. The minimum absolute atomic E-state index is 0.0682. The number of halogens is 1. The van der Waals surface area contributed by atoms with Gasteiger partial charge in [0, 0.05) is 42.3 Å². The van der Waals surface area contributed by atoms with E-state index in [0.717, 1.165) is 16.7 Å². The molecule has 11 heteroatoms. The summed E-state index contributed by atoms with van der Waals surface area (Å²) < 4.78 is 23.5. The Hall–Kier alpha value is -3.90. The number of amides is 3. The van der Waals surface area contributed by atoms with Crippen LogP contribution in [0.1, 0.15) is 35.6 Å². The molecule has 0 aromatic heterocycles. The van der Waals surface area contributed by atoms with Crippen LogP contribution in [-0.4, -0.2) is 74.5 Å². The predicted octanol–water partition coefficient (Wildman–Crippen LogP) is 4.28. The van der Waals surface area contributed by atoms with Crippen molar-refractivity contribution < 1.29 is 28.3 Å². The van der Waals surface area contributed by atoms with Gasteiger partial charge in [-0.05, 0) is 54.4 Å². The molecule has 2 N–H and O–H groups in total. The number of fused-ring (bicyclic) bond motifs is 3. The van der Waals surface area contributed by atoms with Crippen molar-refractivity contribution in [3.63, 3.8) is 0 Å². The lowest BCUT2D eigenvalue weighted by Crippen LogP contribution is -2.48. The largest absolute Gasteiger partial charge is 0.394 e. The lowest BCUT2D eigenvalue weighted by Gasteiger charge is -2.37. The molecule has 0 radical (unpaired) electrons. The van der Waals surface area contributed by atoms with E-state index in [4.69, 9.17) is 4.74 Å². The van der Waals surface area contributed by atoms with E-state index in [9.17, 15) is 19.5 Å². The fourth-order valence-electron chi connectivity index (χ4n) is 8.54. The standard InChI is InChI=1S/C37H43FN4O5Si/c1-24-35(48(2,3)38)32(19-33(44)41-22-27-12-8-7-11-26(27)17-29(41)23-43)47-37(24)30-18-28(40-16-15-39-20-34(40)45)13-14-31(30)42(36(37)46)21-25-9-5-4-6-10-25/h4-14,18,24,29,32,35,39,43H,15-17,19-23H2,1-3H3/t24-,29-,32+,35-,37+/m0/s1.